The molecule has 0 aromatic heterocycles. The van der Waals surface area contributed by atoms with Crippen LogP contribution in [0.4, 0.5) is 0 Å². The first-order valence-electron chi connectivity index (χ1n) is 9.02. The van der Waals surface area contributed by atoms with E-state index < -0.39 is 36.7 Å². The minimum absolute atomic E-state index is 0.138. The van der Waals surface area contributed by atoms with E-state index in [1.807, 2.05) is 0 Å². The summed E-state index contributed by atoms with van der Waals surface area (Å²) in [6, 6.07) is -1.47. The molecule has 2 aliphatic rings. The van der Waals surface area contributed by atoms with Crippen LogP contribution < -0.4 is 22.9 Å². The van der Waals surface area contributed by atoms with Crippen LogP contribution in [-0.2, 0) is 19.0 Å². The summed E-state index contributed by atoms with van der Waals surface area (Å²) < 4.78 is 17.2. The van der Waals surface area contributed by atoms with Gasteiger partial charge in [0, 0.05) is 26.7 Å². The first-order chi connectivity index (χ1) is 12.3. The summed E-state index contributed by atoms with van der Waals surface area (Å²) in [7, 11) is 3.10. The average molecular weight is 375 g/mol. The standard InChI is InChI=1S/C16H33N5O5/c1-21(12(22)7-18)13-11(24-2)5-10(20)15(14(13)23)26-16-9(19)4-3-8(6-17)25-16/h8-11,13-16,23H,3-7,17-20H2,1-2H3/t8-,9+,10-,11-,13+,14+,15+,16+/m0/s1. The minimum Gasteiger partial charge on any atom is -0.388 e. The number of amides is 1. The predicted molar refractivity (Wildman–Crippen MR) is 94.8 cm³/mol. The number of nitrogens with zero attached hydrogens (tertiary/aromatic N) is 1. The van der Waals surface area contributed by atoms with Gasteiger partial charge >= 0.3 is 0 Å². The second-order valence-electron chi connectivity index (χ2n) is 7.07. The molecular formula is C16H33N5O5. The molecule has 1 amide bonds. The third kappa shape index (κ3) is 4.52. The summed E-state index contributed by atoms with van der Waals surface area (Å²) in [4.78, 5) is 13.4. The Morgan fingerprint density at radius 3 is 2.54 bits per heavy atom. The normalized spacial score (nSPS) is 41.0. The largest absolute Gasteiger partial charge is 0.388 e. The van der Waals surface area contributed by atoms with Crippen molar-refractivity contribution in [2.24, 2.45) is 22.9 Å². The molecule has 0 radical (unpaired) electrons. The lowest BCUT2D eigenvalue weighted by atomic mass is 9.83. The predicted octanol–water partition coefficient (Wildman–Crippen LogP) is -2.94. The van der Waals surface area contributed by atoms with Gasteiger partial charge in [0.1, 0.15) is 12.2 Å². The lowest BCUT2D eigenvalue weighted by Gasteiger charge is -2.48. The Balaban J connectivity index is 2.15. The van der Waals surface area contributed by atoms with Gasteiger partial charge in [-0.25, -0.2) is 0 Å². The number of aliphatic hydroxyl groups is 1. The van der Waals surface area contributed by atoms with Crippen molar-refractivity contribution >= 4 is 5.91 Å². The number of methoxy groups -OCH3 is 1. The maximum Gasteiger partial charge on any atom is 0.236 e. The van der Waals surface area contributed by atoms with Crippen molar-refractivity contribution in [1.29, 1.82) is 0 Å². The van der Waals surface area contributed by atoms with Gasteiger partial charge in [0.2, 0.25) is 5.91 Å². The van der Waals surface area contributed by atoms with Crippen LogP contribution in [-0.4, -0.2) is 92.0 Å². The third-order valence-electron chi connectivity index (χ3n) is 5.36. The van der Waals surface area contributed by atoms with E-state index in [9.17, 15) is 9.90 Å². The molecule has 1 saturated carbocycles. The number of carbonyl (C=O) groups is 1. The number of hydrogen-bond acceptors (Lipinski definition) is 9. The Kier molecular flexibility index (Phi) is 7.74. The van der Waals surface area contributed by atoms with Crippen LogP contribution in [0.5, 0.6) is 0 Å². The molecule has 0 unspecified atom stereocenters. The molecule has 1 heterocycles. The van der Waals surface area contributed by atoms with Crippen LogP contribution in [0, 0.1) is 0 Å². The number of hydrogen-bond donors (Lipinski definition) is 5. The summed E-state index contributed by atoms with van der Waals surface area (Å²) in [5.41, 5.74) is 23.5. The summed E-state index contributed by atoms with van der Waals surface area (Å²) in [5.74, 6) is -0.306. The molecule has 9 N–H and O–H groups in total. The van der Waals surface area contributed by atoms with E-state index in [1.165, 1.54) is 12.0 Å². The maximum atomic E-state index is 12.0. The molecule has 26 heavy (non-hydrogen) atoms. The second-order valence-corrected chi connectivity index (χ2v) is 7.07. The Bertz CT molecular complexity index is 470. The highest BCUT2D eigenvalue weighted by molar-refractivity contribution is 5.78. The second kappa shape index (κ2) is 9.38. The van der Waals surface area contributed by atoms with Crippen LogP contribution >= 0.6 is 0 Å². The fraction of sp³-hybridized carbons (Fsp3) is 0.938. The third-order valence-corrected chi connectivity index (χ3v) is 5.36. The van der Waals surface area contributed by atoms with E-state index in [0.29, 0.717) is 19.4 Å². The van der Waals surface area contributed by atoms with E-state index in [2.05, 4.69) is 0 Å². The smallest absolute Gasteiger partial charge is 0.236 e. The van der Waals surface area contributed by atoms with Gasteiger partial charge in [-0.2, -0.15) is 0 Å². The van der Waals surface area contributed by atoms with Crippen molar-refractivity contribution in [2.45, 2.75) is 68.1 Å². The number of rotatable bonds is 6. The molecule has 1 aliphatic heterocycles. The number of aliphatic hydroxyl groups excluding tert-OH is 1. The summed E-state index contributed by atoms with van der Waals surface area (Å²) >= 11 is 0. The van der Waals surface area contributed by atoms with E-state index in [-0.39, 0.29) is 24.6 Å². The zero-order chi connectivity index (χ0) is 19.4. The van der Waals surface area contributed by atoms with Gasteiger partial charge in [-0.1, -0.05) is 0 Å². The Hall–Kier alpha value is -0.850. The Morgan fingerprint density at radius 2 is 1.96 bits per heavy atom. The van der Waals surface area contributed by atoms with Crippen molar-refractivity contribution in [3.8, 4) is 0 Å². The first kappa shape index (κ1) is 21.5. The van der Waals surface area contributed by atoms with Crippen LogP contribution in [0.1, 0.15) is 19.3 Å². The Labute approximate surface area is 154 Å². The summed E-state index contributed by atoms with van der Waals surface area (Å²) in [5, 5.41) is 10.9. The zero-order valence-corrected chi connectivity index (χ0v) is 15.5. The van der Waals surface area contributed by atoms with Gasteiger partial charge < -0.3 is 47.2 Å². The zero-order valence-electron chi connectivity index (χ0n) is 15.5. The van der Waals surface area contributed by atoms with Gasteiger partial charge in [0.05, 0.1) is 30.8 Å². The van der Waals surface area contributed by atoms with Crippen molar-refractivity contribution in [3.05, 3.63) is 0 Å². The molecule has 0 aromatic carbocycles. The molecule has 0 bridgehead atoms. The molecule has 2 fully saturated rings. The number of likely N-dealkylation sites (N-methyl/N-ethyl adjacent to an activating group) is 1. The number of ether oxygens (including phenoxy) is 3. The van der Waals surface area contributed by atoms with Crippen molar-refractivity contribution in [1.82, 2.24) is 4.90 Å². The molecule has 10 nitrogen and oxygen atoms in total. The highest BCUT2D eigenvalue weighted by atomic mass is 16.7. The van der Waals surface area contributed by atoms with Gasteiger partial charge in [-0.05, 0) is 19.3 Å². The van der Waals surface area contributed by atoms with Crippen LogP contribution in [0.15, 0.2) is 0 Å². The van der Waals surface area contributed by atoms with Gasteiger partial charge in [-0.15, -0.1) is 0 Å². The number of nitrogens with two attached hydrogens (primary N) is 4. The Morgan fingerprint density at radius 1 is 1.27 bits per heavy atom. The summed E-state index contributed by atoms with van der Waals surface area (Å²) in [6.45, 7) is 0.205. The van der Waals surface area contributed by atoms with Crippen molar-refractivity contribution in [2.75, 3.05) is 27.2 Å². The molecular weight excluding hydrogens is 342 g/mol. The molecule has 0 aromatic rings. The fourth-order valence-corrected chi connectivity index (χ4v) is 3.75. The molecule has 1 aliphatic carbocycles. The van der Waals surface area contributed by atoms with Gasteiger partial charge in [0.15, 0.2) is 6.29 Å². The monoisotopic (exact) mass is 375 g/mol. The van der Waals surface area contributed by atoms with E-state index in [4.69, 9.17) is 37.1 Å². The van der Waals surface area contributed by atoms with Crippen molar-refractivity contribution < 1.29 is 24.1 Å². The molecule has 1 saturated heterocycles. The van der Waals surface area contributed by atoms with E-state index in [1.54, 1.807) is 7.05 Å². The highest BCUT2D eigenvalue weighted by Gasteiger charge is 2.48. The molecule has 8 atom stereocenters. The minimum atomic E-state index is -1.07. The van der Waals surface area contributed by atoms with Crippen molar-refractivity contribution in [3.63, 3.8) is 0 Å². The quantitative estimate of drug-likeness (QED) is 0.325. The van der Waals surface area contributed by atoms with E-state index in [0.717, 1.165) is 6.42 Å². The molecule has 152 valence electrons. The lowest BCUT2D eigenvalue weighted by molar-refractivity contribution is -0.253. The van der Waals surface area contributed by atoms with Crippen LogP contribution in [0.3, 0.4) is 0 Å². The van der Waals surface area contributed by atoms with Crippen LogP contribution in [0.25, 0.3) is 0 Å². The fourth-order valence-electron chi connectivity index (χ4n) is 3.75. The molecule has 2 rings (SSSR count). The molecule has 0 spiro atoms. The summed E-state index contributed by atoms with van der Waals surface area (Å²) in [6.07, 6.45) is -1.23. The van der Waals surface area contributed by atoms with Crippen LogP contribution in [0.2, 0.25) is 0 Å². The highest BCUT2D eigenvalue weighted by Crippen LogP contribution is 2.30. The SMILES string of the molecule is CO[C@H]1C[C@H](N)[C@@H](O[C@H]2O[C@H](CN)CC[C@H]2N)[C@H](O)[C@@H]1N(C)C(=O)CN. The molecule has 10 heteroatoms. The lowest BCUT2D eigenvalue weighted by Crippen LogP contribution is -2.67. The number of carbonyl (C=O) groups excluding carboxylic acids is 1. The average Bonchev–Trinajstić information content (AvgIpc) is 2.64. The van der Waals surface area contributed by atoms with Gasteiger partial charge in [0.25, 0.3) is 0 Å². The van der Waals surface area contributed by atoms with E-state index >= 15 is 0 Å². The maximum absolute atomic E-state index is 12.0. The topological polar surface area (TPSA) is 172 Å². The van der Waals surface area contributed by atoms with Gasteiger partial charge in [-0.3, -0.25) is 4.79 Å². The first-order valence-corrected chi connectivity index (χ1v) is 9.02.